The molecule has 0 aromatic rings. The molecule has 0 aromatic heterocycles. The molecule has 0 radical (unpaired) electrons. The average molecular weight is 1950 g/mol. The fourth-order valence-corrected chi connectivity index (χ4v) is 32.2. The van der Waals surface area contributed by atoms with Crippen molar-refractivity contribution in [2.24, 2.45) is 0 Å². The summed E-state index contributed by atoms with van der Waals surface area (Å²) in [5.74, 6) is 35.2. The van der Waals surface area contributed by atoms with Gasteiger partial charge in [-0.05, 0) is 0 Å². The molecule has 0 N–H and O–H groups in total. The van der Waals surface area contributed by atoms with E-state index in [2.05, 4.69) is 0 Å². The van der Waals surface area contributed by atoms with Gasteiger partial charge in [0.2, 0.25) is 0 Å². The zero-order valence-electron chi connectivity index (χ0n) is 64.9. The second-order valence-electron chi connectivity index (χ2n) is 27.8. The summed E-state index contributed by atoms with van der Waals surface area (Å²) in [5, 5.41) is 0. The van der Waals surface area contributed by atoms with E-state index in [1.54, 1.807) is 0 Å². The summed E-state index contributed by atoms with van der Waals surface area (Å²) in [5.41, 5.74) is 0. The first-order valence-electron chi connectivity index (χ1n) is 40.1. The number of thioether (sulfide) groups is 18. The van der Waals surface area contributed by atoms with E-state index in [9.17, 15) is 0 Å². The third-order valence-electron chi connectivity index (χ3n) is 19.3. The van der Waals surface area contributed by atoms with Crippen LogP contribution in [0.25, 0.3) is 0 Å². The van der Waals surface area contributed by atoms with Crippen LogP contribution in [0.5, 0.6) is 0 Å². The van der Waals surface area contributed by atoms with Gasteiger partial charge in [0.05, 0.1) is 79.3 Å². The molecular weight excluding hydrogens is 1830 g/mol. The van der Waals surface area contributed by atoms with Crippen molar-refractivity contribution in [3.63, 3.8) is 0 Å². The molecule has 34 heterocycles. The van der Waals surface area contributed by atoms with E-state index in [0.717, 1.165) is 207 Å². The minimum absolute atomic E-state index is 0.0895. The number of hydrogen-bond donors (Lipinski definition) is 0. The minimum Gasteiger partial charge on any atom is -0.349 e. The van der Waals surface area contributed by atoms with Crippen LogP contribution in [0.2, 0.25) is 0 Å². The Kier molecular flexibility index (Phi) is 49.5. The summed E-state index contributed by atoms with van der Waals surface area (Å²) in [6.07, 6.45) is -3.88. The van der Waals surface area contributed by atoms with Crippen LogP contribution >= 0.6 is 212 Å². The topological polar surface area (TPSA) is 222 Å². The Labute approximate surface area is 753 Å². The quantitative estimate of drug-likeness (QED) is 0.220. The Bertz CT molecular complexity index is 1950. The van der Waals surface area contributed by atoms with E-state index in [4.69, 9.17) is 114 Å². The molecule has 0 spiro atoms. The molecule has 0 saturated carbocycles. The van der Waals surface area contributed by atoms with Crippen molar-refractivity contribution >= 4 is 212 Å². The van der Waals surface area contributed by atoms with Crippen LogP contribution in [-0.4, -0.2) is 435 Å². The zero-order chi connectivity index (χ0) is 77.5. The third-order valence-corrected chi connectivity index (χ3v) is 40.3. The Hall–Kier alpha value is 5.34. The standard InChI is InChI=1S/C72H120O24S18/c1-13-103-37-61-73-25-50-49(85-61)26-75-63(87-50)39-105-15-3-98-5-17-107-41-65-77-29-54-53(89-65)30-79-67(91-54)43-109-19-7-100-9-21-111-45-69-81-33-58-57(93-69)34-83-71(95-58)47-113-23-11-102-12-24-114-48-72-84-36-59-60(96-72)35-82-70(94-59)46-112-22-10-101-8-20-110-44-68-80-32-55-56(92-68)31-78-66(90-55)42-108-18-6-99-4-16-106-40-64-76-28-51-52(88-64)27-74-62(86-51)38-104-14-2-97-1/h49-72H,1-48H2/t49-,50-,51-,52-,53-,54-,55-,56-,57-,58-,59-,60-,61+,62+,63+,64+,65+,66+,67+,68+,69+,70+,71+,72?/m0/s1. The molecule has 34 fully saturated rings. The number of hydrogen-bond acceptors (Lipinski definition) is 42. The Morgan fingerprint density at radius 3 is 0.272 bits per heavy atom. The SMILES string of the molecule is C1CSCC2OC[C@@H]3O[C@H](CSCCSCCSC[C@@H]4OC[C@@H]5O[C@H](CSCCSCCSC[C@@H]6OC[C@@H]7O[C@H](CSCCSCCSC[C@@H]8OC[C@@H]9O[C@H](CSCCSCCSC[C@@H]%10OC[C@@H]%11O[C@H](CSCCSCCSC[C@@H]%12OC[C@@H]%13O[C@H](CSCCS1)OC[C@@H]%13O%12)OC[C@@H]%11O%10)OC[C@@H]9O8)OC[C@@H]7O6)OC[C@@H]5O4)OC[C@@H]3O2. The van der Waals surface area contributed by atoms with Gasteiger partial charge < -0.3 is 114 Å². The maximum Gasteiger partial charge on any atom is 0.167 e. The molecule has 34 rings (SSSR count). The zero-order valence-corrected chi connectivity index (χ0v) is 79.6. The first-order chi connectivity index (χ1) is 56.5. The highest BCUT2D eigenvalue weighted by Gasteiger charge is 2.45. The molecule has 660 valence electrons. The van der Waals surface area contributed by atoms with Gasteiger partial charge in [-0.3, -0.25) is 0 Å². The van der Waals surface area contributed by atoms with E-state index in [1.807, 2.05) is 212 Å². The van der Waals surface area contributed by atoms with Gasteiger partial charge in [0.25, 0.3) is 0 Å². The summed E-state index contributed by atoms with van der Waals surface area (Å²) in [6.45, 7) is 6.50. The number of ether oxygens (including phenoxy) is 24. The van der Waals surface area contributed by atoms with Crippen molar-refractivity contribution in [3.05, 3.63) is 0 Å². The summed E-state index contributed by atoms with van der Waals surface area (Å²) in [4.78, 5) is 0. The highest BCUT2D eigenvalue weighted by Crippen LogP contribution is 2.35. The van der Waals surface area contributed by atoms with Crippen LogP contribution in [0, 0.1) is 0 Å². The fourth-order valence-electron chi connectivity index (χ4n) is 13.3. The predicted octanol–water partition coefficient (Wildman–Crippen LogP) is 10.1. The monoisotopic (exact) mass is 1940 g/mol. The molecule has 42 heteroatoms. The molecular formula is C72H120O24S18. The first-order valence-corrected chi connectivity index (χ1v) is 60.9. The van der Waals surface area contributed by atoms with Crippen LogP contribution in [0.1, 0.15) is 0 Å². The van der Waals surface area contributed by atoms with Crippen LogP contribution in [0.15, 0.2) is 0 Å². The lowest BCUT2D eigenvalue weighted by molar-refractivity contribution is -0.326. The molecule has 34 aliphatic rings. The summed E-state index contributed by atoms with van der Waals surface area (Å²) in [6, 6.07) is 0. The lowest BCUT2D eigenvalue weighted by Crippen LogP contribution is -2.54. The van der Waals surface area contributed by atoms with Crippen molar-refractivity contribution in [3.8, 4) is 0 Å². The van der Waals surface area contributed by atoms with Crippen molar-refractivity contribution < 1.29 is 114 Å². The molecule has 114 heavy (non-hydrogen) atoms. The van der Waals surface area contributed by atoms with Gasteiger partial charge in [-0.15, -0.1) is 0 Å². The van der Waals surface area contributed by atoms with Gasteiger partial charge in [0.1, 0.15) is 73.2 Å². The van der Waals surface area contributed by atoms with Gasteiger partial charge in [0.15, 0.2) is 75.5 Å². The third kappa shape index (κ3) is 36.2. The number of rotatable bonds is 0. The molecule has 0 amide bonds. The molecule has 24 nitrogen and oxygen atoms in total. The Morgan fingerprint density at radius 1 is 0.105 bits per heavy atom. The molecule has 24 atom stereocenters. The maximum atomic E-state index is 6.28. The highest BCUT2D eigenvalue weighted by molar-refractivity contribution is 8.07. The predicted molar refractivity (Wildman–Crippen MR) is 487 cm³/mol. The fraction of sp³-hybridized carbons (Fsp3) is 1.00. The lowest BCUT2D eigenvalue weighted by Gasteiger charge is -2.41. The second-order valence-corrected chi connectivity index (χ2v) is 49.0. The van der Waals surface area contributed by atoms with Crippen molar-refractivity contribution in [1.82, 2.24) is 0 Å². The largest absolute Gasteiger partial charge is 0.349 e. The summed E-state index contributed by atoms with van der Waals surface area (Å²) >= 11 is 34.5. The van der Waals surface area contributed by atoms with Gasteiger partial charge in [-0.2, -0.15) is 212 Å². The van der Waals surface area contributed by atoms with Gasteiger partial charge in [-0.25, -0.2) is 0 Å². The highest BCUT2D eigenvalue weighted by atomic mass is 32.2. The van der Waals surface area contributed by atoms with Crippen molar-refractivity contribution in [2.45, 2.75) is 149 Å². The van der Waals surface area contributed by atoms with Crippen LogP contribution in [0.4, 0.5) is 0 Å². The molecule has 1 unspecified atom stereocenters. The summed E-state index contributed by atoms with van der Waals surface area (Å²) in [7, 11) is 0. The van der Waals surface area contributed by atoms with E-state index in [-0.39, 0.29) is 149 Å². The van der Waals surface area contributed by atoms with Crippen LogP contribution < -0.4 is 0 Å². The maximum absolute atomic E-state index is 6.28. The Morgan fingerprint density at radius 2 is 0.184 bits per heavy atom. The Balaban J connectivity index is 0.442. The molecule has 24 bridgehead atoms. The molecule has 0 aromatic carbocycles. The lowest BCUT2D eigenvalue weighted by atomic mass is 10.2. The van der Waals surface area contributed by atoms with Crippen molar-refractivity contribution in [1.29, 1.82) is 0 Å². The normalized spacial score (nSPS) is 41.7. The van der Waals surface area contributed by atoms with Crippen LogP contribution in [0.3, 0.4) is 0 Å². The first kappa shape index (κ1) is 96.9. The smallest absolute Gasteiger partial charge is 0.167 e. The van der Waals surface area contributed by atoms with Crippen molar-refractivity contribution in [2.75, 3.05) is 286 Å². The van der Waals surface area contributed by atoms with E-state index < -0.39 is 0 Å². The minimum atomic E-state index is -0.234. The molecule has 0 aliphatic carbocycles. The van der Waals surface area contributed by atoms with Gasteiger partial charge in [0, 0.05) is 207 Å². The van der Waals surface area contributed by atoms with E-state index in [1.165, 1.54) is 0 Å². The molecule has 34 saturated heterocycles. The van der Waals surface area contributed by atoms with E-state index in [0.29, 0.717) is 79.3 Å². The van der Waals surface area contributed by atoms with Gasteiger partial charge >= 0.3 is 0 Å². The van der Waals surface area contributed by atoms with Crippen LogP contribution in [-0.2, 0) is 114 Å². The summed E-state index contributed by atoms with van der Waals surface area (Å²) < 4.78 is 149. The molecule has 34 aliphatic heterocycles. The average Bonchev–Trinajstić information content (AvgIpc) is 0.864. The van der Waals surface area contributed by atoms with E-state index >= 15 is 0 Å². The second kappa shape index (κ2) is 58.2. The van der Waals surface area contributed by atoms with Gasteiger partial charge in [-0.1, -0.05) is 0 Å².